The molecule has 2 N–H and O–H groups in total. The van der Waals surface area contributed by atoms with Gasteiger partial charge in [-0.05, 0) is 48.7 Å². The standard InChI is InChI=1S/C24H22N4O2/c25-24-23-21(16-8-12-20(13-9-16)30-19-4-2-1-3-5-19)14-22(28(23)27-15-26-24)17-6-10-18(29)11-7-17/h1-5,8-9,12-15,17H,6-7,10-11H2,(H2,25,26,27). The highest BCUT2D eigenvalue weighted by molar-refractivity contribution is 5.88. The number of benzene rings is 2. The van der Waals surface area contributed by atoms with Crippen LogP contribution < -0.4 is 10.5 Å². The number of ketones is 1. The maximum Gasteiger partial charge on any atom is 0.151 e. The minimum atomic E-state index is 0.291. The molecule has 5 rings (SSSR count). The number of anilines is 1. The second-order valence-corrected chi connectivity index (χ2v) is 7.64. The fourth-order valence-corrected chi connectivity index (χ4v) is 4.17. The number of Topliss-reactive ketones (excluding diaryl/α,β-unsaturated/α-hetero) is 1. The van der Waals surface area contributed by atoms with Crippen LogP contribution >= 0.6 is 0 Å². The van der Waals surface area contributed by atoms with E-state index in [1.807, 2.05) is 59.1 Å². The maximum absolute atomic E-state index is 11.7. The summed E-state index contributed by atoms with van der Waals surface area (Å²) in [6, 6.07) is 19.8. The number of aromatic nitrogens is 3. The molecule has 0 spiro atoms. The molecule has 0 radical (unpaired) electrons. The average molecular weight is 398 g/mol. The van der Waals surface area contributed by atoms with Gasteiger partial charge in [0.25, 0.3) is 0 Å². The van der Waals surface area contributed by atoms with Crippen LogP contribution in [0.5, 0.6) is 11.5 Å². The van der Waals surface area contributed by atoms with Crippen LogP contribution in [0.3, 0.4) is 0 Å². The molecule has 150 valence electrons. The Kier molecular flexibility index (Phi) is 4.67. The van der Waals surface area contributed by atoms with E-state index in [2.05, 4.69) is 16.1 Å². The largest absolute Gasteiger partial charge is 0.457 e. The van der Waals surface area contributed by atoms with Gasteiger partial charge in [-0.1, -0.05) is 30.3 Å². The molecule has 6 nitrogen and oxygen atoms in total. The minimum absolute atomic E-state index is 0.291. The van der Waals surface area contributed by atoms with Gasteiger partial charge in [-0.2, -0.15) is 5.10 Å². The Balaban J connectivity index is 1.51. The third-order valence-electron chi connectivity index (χ3n) is 5.72. The Morgan fingerprint density at radius 3 is 2.40 bits per heavy atom. The van der Waals surface area contributed by atoms with E-state index in [0.29, 0.717) is 30.4 Å². The number of fused-ring (bicyclic) bond motifs is 1. The summed E-state index contributed by atoms with van der Waals surface area (Å²) in [7, 11) is 0. The van der Waals surface area contributed by atoms with Gasteiger partial charge in [-0.25, -0.2) is 9.50 Å². The van der Waals surface area contributed by atoms with Crippen molar-refractivity contribution in [1.29, 1.82) is 0 Å². The number of ether oxygens (including phenoxy) is 1. The van der Waals surface area contributed by atoms with Crippen molar-refractivity contribution >= 4 is 17.1 Å². The second kappa shape index (κ2) is 7.63. The van der Waals surface area contributed by atoms with Crippen LogP contribution in [0.2, 0.25) is 0 Å². The van der Waals surface area contributed by atoms with Crippen LogP contribution in [0.1, 0.15) is 37.3 Å². The van der Waals surface area contributed by atoms with Crippen molar-refractivity contribution < 1.29 is 9.53 Å². The first-order chi connectivity index (χ1) is 14.7. The third kappa shape index (κ3) is 3.41. The average Bonchev–Trinajstić information content (AvgIpc) is 3.17. The van der Waals surface area contributed by atoms with Crippen LogP contribution in [0, 0.1) is 0 Å². The molecule has 0 amide bonds. The van der Waals surface area contributed by atoms with E-state index in [9.17, 15) is 4.79 Å². The smallest absolute Gasteiger partial charge is 0.151 e. The van der Waals surface area contributed by atoms with Crippen molar-refractivity contribution in [2.45, 2.75) is 31.6 Å². The topological polar surface area (TPSA) is 82.5 Å². The molecule has 30 heavy (non-hydrogen) atoms. The normalized spacial score (nSPS) is 14.9. The van der Waals surface area contributed by atoms with Crippen LogP contribution in [0.15, 0.2) is 67.0 Å². The first-order valence-electron chi connectivity index (χ1n) is 10.2. The summed E-state index contributed by atoms with van der Waals surface area (Å²) in [6.45, 7) is 0. The summed E-state index contributed by atoms with van der Waals surface area (Å²) in [6.07, 6.45) is 4.43. The van der Waals surface area contributed by atoms with E-state index in [1.165, 1.54) is 6.33 Å². The second-order valence-electron chi connectivity index (χ2n) is 7.64. The van der Waals surface area contributed by atoms with E-state index >= 15 is 0 Å². The molecule has 4 aromatic rings. The van der Waals surface area contributed by atoms with Gasteiger partial charge >= 0.3 is 0 Å². The molecule has 2 aromatic heterocycles. The predicted molar refractivity (Wildman–Crippen MR) is 116 cm³/mol. The number of carbonyl (C=O) groups excluding carboxylic acids is 1. The van der Waals surface area contributed by atoms with Gasteiger partial charge in [-0.3, -0.25) is 4.79 Å². The number of hydrogen-bond acceptors (Lipinski definition) is 5. The first-order valence-corrected chi connectivity index (χ1v) is 10.2. The highest BCUT2D eigenvalue weighted by Crippen LogP contribution is 2.38. The van der Waals surface area contributed by atoms with Gasteiger partial charge in [0.1, 0.15) is 29.1 Å². The molecule has 6 heteroatoms. The Labute approximate surface area is 174 Å². The Morgan fingerprint density at radius 1 is 0.967 bits per heavy atom. The maximum atomic E-state index is 11.7. The van der Waals surface area contributed by atoms with Gasteiger partial charge in [0.2, 0.25) is 0 Å². The zero-order chi connectivity index (χ0) is 20.5. The highest BCUT2D eigenvalue weighted by Gasteiger charge is 2.25. The highest BCUT2D eigenvalue weighted by atomic mass is 16.5. The number of hydrogen-bond donors (Lipinski definition) is 1. The third-order valence-corrected chi connectivity index (χ3v) is 5.72. The molecule has 0 aliphatic heterocycles. The molecule has 0 unspecified atom stereocenters. The van der Waals surface area contributed by atoms with Crippen molar-refractivity contribution in [3.05, 3.63) is 72.7 Å². The minimum Gasteiger partial charge on any atom is -0.457 e. The molecule has 2 aromatic carbocycles. The predicted octanol–water partition coefficient (Wildman–Crippen LogP) is 5.00. The summed E-state index contributed by atoms with van der Waals surface area (Å²) in [4.78, 5) is 15.9. The number of nitrogen functional groups attached to an aromatic ring is 1. The summed E-state index contributed by atoms with van der Waals surface area (Å²) < 4.78 is 7.80. The Hall–Kier alpha value is -3.67. The van der Waals surface area contributed by atoms with Gasteiger partial charge in [0.05, 0.1) is 0 Å². The lowest BCUT2D eigenvalue weighted by atomic mass is 9.86. The molecule has 1 fully saturated rings. The molecule has 0 bridgehead atoms. The molecule has 1 aliphatic rings. The molecule has 1 saturated carbocycles. The van der Waals surface area contributed by atoms with E-state index in [4.69, 9.17) is 10.5 Å². The monoisotopic (exact) mass is 398 g/mol. The van der Waals surface area contributed by atoms with Crippen molar-refractivity contribution in [1.82, 2.24) is 14.6 Å². The van der Waals surface area contributed by atoms with Crippen LogP contribution in [0.4, 0.5) is 5.82 Å². The van der Waals surface area contributed by atoms with Crippen molar-refractivity contribution in [3.63, 3.8) is 0 Å². The van der Waals surface area contributed by atoms with E-state index in [1.54, 1.807) is 0 Å². The van der Waals surface area contributed by atoms with Crippen LogP contribution in [-0.4, -0.2) is 20.4 Å². The number of carbonyl (C=O) groups is 1. The quantitative estimate of drug-likeness (QED) is 0.523. The van der Waals surface area contributed by atoms with Gasteiger partial charge in [0.15, 0.2) is 5.82 Å². The number of para-hydroxylation sites is 1. The summed E-state index contributed by atoms with van der Waals surface area (Å²) in [5.41, 5.74) is 10.1. The zero-order valence-electron chi connectivity index (χ0n) is 16.5. The number of rotatable bonds is 4. The molecule has 0 saturated heterocycles. The molecule has 2 heterocycles. The molecular weight excluding hydrogens is 376 g/mol. The van der Waals surface area contributed by atoms with Gasteiger partial charge < -0.3 is 10.5 Å². The number of nitrogens with zero attached hydrogens (tertiary/aromatic N) is 3. The van der Waals surface area contributed by atoms with E-state index in [-0.39, 0.29) is 0 Å². The SMILES string of the molecule is Nc1ncnn2c(C3CCC(=O)CC3)cc(-c3ccc(Oc4ccccc4)cc3)c12. The molecule has 1 aliphatic carbocycles. The Morgan fingerprint density at radius 2 is 1.67 bits per heavy atom. The lowest BCUT2D eigenvalue weighted by Gasteiger charge is -2.20. The van der Waals surface area contributed by atoms with Gasteiger partial charge in [-0.15, -0.1) is 0 Å². The van der Waals surface area contributed by atoms with E-state index < -0.39 is 0 Å². The van der Waals surface area contributed by atoms with Gasteiger partial charge in [0, 0.05) is 30.0 Å². The fourth-order valence-electron chi connectivity index (χ4n) is 4.17. The lowest BCUT2D eigenvalue weighted by Crippen LogP contribution is -2.14. The summed E-state index contributed by atoms with van der Waals surface area (Å²) in [5.74, 6) is 2.65. The van der Waals surface area contributed by atoms with Crippen molar-refractivity contribution in [2.75, 3.05) is 5.73 Å². The molecular formula is C24H22N4O2. The van der Waals surface area contributed by atoms with Crippen molar-refractivity contribution in [2.24, 2.45) is 0 Å². The first kappa shape index (κ1) is 18.4. The number of nitrogens with two attached hydrogens (primary N) is 1. The lowest BCUT2D eigenvalue weighted by molar-refractivity contribution is -0.120. The van der Waals surface area contributed by atoms with Crippen LogP contribution in [-0.2, 0) is 4.79 Å². The molecule has 0 atom stereocenters. The Bertz CT molecular complexity index is 1190. The summed E-state index contributed by atoms with van der Waals surface area (Å²) >= 11 is 0. The van der Waals surface area contributed by atoms with Crippen molar-refractivity contribution in [3.8, 4) is 22.6 Å². The summed E-state index contributed by atoms with van der Waals surface area (Å²) in [5, 5.41) is 4.47. The fraction of sp³-hybridized carbons (Fsp3) is 0.208. The van der Waals surface area contributed by atoms with E-state index in [0.717, 1.165) is 46.7 Å². The zero-order valence-corrected chi connectivity index (χ0v) is 16.5. The van der Waals surface area contributed by atoms with Crippen LogP contribution in [0.25, 0.3) is 16.6 Å².